The molecule has 3 aliphatic heterocycles. The number of ether oxygens (including phenoxy) is 6. The Labute approximate surface area is 866 Å². The molecule has 0 spiro atoms. The maximum atomic E-state index is 15.0. The number of benzene rings is 4. The topological polar surface area (TPSA) is 487 Å². The number of aldehydes is 1. The summed E-state index contributed by atoms with van der Waals surface area (Å²) in [7, 11) is -10.4. The average molecular weight is 2120 g/mol. The molecule has 3 aliphatic rings. The Morgan fingerprint density at radius 3 is 0.719 bits per heavy atom. The van der Waals surface area contributed by atoms with E-state index in [-0.39, 0.29) is 160 Å². The Kier molecular flexibility index (Phi) is 62.7. The van der Waals surface area contributed by atoms with Crippen molar-refractivity contribution in [1.29, 1.82) is 5.26 Å². The Morgan fingerprint density at radius 1 is 0.349 bits per heavy atom. The van der Waals surface area contributed by atoms with E-state index in [1.807, 2.05) is 282 Å². The van der Waals surface area contributed by atoms with Crippen LogP contribution in [0.1, 0.15) is 175 Å². The minimum absolute atomic E-state index is 0.0250. The summed E-state index contributed by atoms with van der Waals surface area (Å²) in [6.45, 7) is 49.9. The fraction of sp³-hybridized carbons (Fsp3) is 0.657. The van der Waals surface area contributed by atoms with Crippen molar-refractivity contribution in [3.63, 3.8) is 0 Å². The van der Waals surface area contributed by atoms with Gasteiger partial charge in [-0.2, -0.15) is 5.26 Å². The van der Waals surface area contributed by atoms with E-state index in [4.69, 9.17) is 71.9 Å². The van der Waals surface area contributed by atoms with Crippen LogP contribution in [0.25, 0.3) is 0 Å². The van der Waals surface area contributed by atoms with Gasteiger partial charge < -0.3 is 72.7 Å². The van der Waals surface area contributed by atoms with E-state index in [1.54, 1.807) is 20.8 Å². The molecule has 3 saturated heterocycles. The predicted octanol–water partition coefficient (Wildman–Crippen LogP) is 10.5. The summed E-state index contributed by atoms with van der Waals surface area (Å²) in [5.74, 6) is -6.90. The number of carbonyl (C=O) groups excluding carboxylic acids is 7. The summed E-state index contributed by atoms with van der Waals surface area (Å²) in [4.78, 5) is 159. The molecular weight excluding hydrogens is 1950 g/mol. The number of hydrogen-bond acceptors (Lipinski definition) is 36. The molecule has 0 aromatic heterocycles. The minimum Gasteiger partial charge on any atom is -0.480 e. The lowest BCUT2D eigenvalue weighted by molar-refractivity contribution is -0.158. The van der Waals surface area contributed by atoms with Crippen LogP contribution >= 0.6 is 23.4 Å². The molecule has 3 fully saturated rings. The van der Waals surface area contributed by atoms with E-state index in [2.05, 4.69) is 10.2 Å². The Bertz CT molecular complexity index is 4410. The molecule has 41 nitrogen and oxygen atoms in total. The number of nitrogens with zero attached hydrogens (tertiary/aromatic N) is 12. The molecule has 0 radical (unpaired) electrons. The Balaban J connectivity index is 0.000000689. The average Bonchev–Trinajstić information content (AvgIpc) is 0.815. The summed E-state index contributed by atoms with van der Waals surface area (Å²) in [6.07, 6.45) is 0.750. The van der Waals surface area contributed by atoms with E-state index in [0.717, 1.165) is 28.5 Å². The number of carboxylic acid groups (broad SMARTS) is 3. The molecule has 824 valence electrons. The van der Waals surface area contributed by atoms with Gasteiger partial charge in [0.1, 0.15) is 64.7 Å². The van der Waals surface area contributed by atoms with Crippen molar-refractivity contribution in [3.8, 4) is 6.07 Å². The summed E-state index contributed by atoms with van der Waals surface area (Å²) < 4.78 is 94.7. The molecule has 0 amide bonds. The molecule has 4 aromatic rings. The van der Waals surface area contributed by atoms with Crippen LogP contribution < -0.4 is 5.32 Å². The van der Waals surface area contributed by atoms with Gasteiger partial charge in [-0.3, -0.25) is 106 Å². The van der Waals surface area contributed by atoms with Gasteiger partial charge in [0.15, 0.2) is 0 Å². The van der Waals surface area contributed by atoms with E-state index in [0.29, 0.717) is 118 Å². The number of aliphatic carboxylic acids is 3. The van der Waals surface area contributed by atoms with Crippen LogP contribution in [0.4, 0.5) is 0 Å². The molecule has 0 saturated carbocycles. The number of rotatable bonds is 34. The highest BCUT2D eigenvalue weighted by molar-refractivity contribution is 7.54. The summed E-state index contributed by atoms with van der Waals surface area (Å²) in [5, 5.41) is 38.1. The van der Waals surface area contributed by atoms with E-state index in [1.165, 1.54) is 25.7 Å². The fourth-order valence-corrected chi connectivity index (χ4v) is 17.3. The van der Waals surface area contributed by atoms with Crippen LogP contribution in [-0.2, 0) is 135 Å². The van der Waals surface area contributed by atoms with Crippen molar-refractivity contribution < 1.29 is 133 Å². The predicted molar refractivity (Wildman–Crippen MR) is 556 cm³/mol. The molecular formula is C102H169N13O28P3+. The molecule has 0 bridgehead atoms. The largest absolute Gasteiger partial charge is 0.698 e. The van der Waals surface area contributed by atoms with Crippen molar-refractivity contribution in [1.82, 2.24) is 59.2 Å². The Morgan fingerprint density at radius 2 is 0.527 bits per heavy atom. The number of carboxylic acids is 3. The first-order valence-corrected chi connectivity index (χ1v) is 53.7. The SMILES string of the molecule is CC#N.CC(C)(C)OC(=O)CN1CCNCCN(CC(=O)OC(C)(C)C)CCN(CC(=O)OC(C)(C)C)CC1.CC(N1CCN(CC(=O)O)CCN(CC(=O)O)CCN(CC(=O)O)CC1)P(=O)(O)O.CC(N1CCN(CC(=O)OC(C)(C)C)CCN(CC(=O)OC(C)(C)C)CCN(CC(=O)OC(C)(C)C)CC1)P(=O)(OCc1ccccc1)OCc1ccccc1.CC=O.O=[P+](OCc1ccccc1)OCc1ccccc1. The zero-order chi connectivity index (χ0) is 110. The number of nitriles is 1. The van der Waals surface area contributed by atoms with Gasteiger partial charge >= 0.3 is 77.2 Å². The molecule has 6 N–H and O–H groups in total. The third-order valence-corrected chi connectivity index (χ3v) is 25.2. The summed E-state index contributed by atoms with van der Waals surface area (Å²) in [5.41, 5.74) is 0.0513. The van der Waals surface area contributed by atoms with Crippen molar-refractivity contribution in [3.05, 3.63) is 144 Å². The van der Waals surface area contributed by atoms with Gasteiger partial charge in [-0.25, -0.2) is 0 Å². The number of nitrogens with one attached hydrogen (secondary N) is 1. The van der Waals surface area contributed by atoms with Gasteiger partial charge in [-0.15, -0.1) is 9.05 Å². The first-order valence-electron chi connectivity index (χ1n) is 49.3. The fourth-order valence-electron chi connectivity index (χ4n) is 14.3. The highest BCUT2D eigenvalue weighted by Gasteiger charge is 2.40. The van der Waals surface area contributed by atoms with E-state index >= 15 is 0 Å². The molecule has 7 rings (SSSR count). The number of esters is 6. The second kappa shape index (κ2) is 68.7. The molecule has 44 heteroatoms. The maximum Gasteiger partial charge on any atom is 0.698 e. The summed E-state index contributed by atoms with van der Waals surface area (Å²) in [6, 6.07) is 40.0. The van der Waals surface area contributed by atoms with Crippen molar-refractivity contribution in [2.24, 2.45) is 0 Å². The highest BCUT2D eigenvalue weighted by atomic mass is 31.2. The smallest absolute Gasteiger partial charge is 0.480 e. The quantitative estimate of drug-likeness (QED) is 0.0109. The molecule has 4 aromatic carbocycles. The van der Waals surface area contributed by atoms with Crippen molar-refractivity contribution >= 4 is 83.5 Å². The van der Waals surface area contributed by atoms with Gasteiger partial charge in [-0.05, 0) is 168 Å². The van der Waals surface area contributed by atoms with E-state index in [9.17, 15) is 66.6 Å². The molecule has 2 atom stereocenters. The minimum atomic E-state index is -4.44. The van der Waals surface area contributed by atoms with Gasteiger partial charge in [0.2, 0.25) is 0 Å². The summed E-state index contributed by atoms with van der Waals surface area (Å²) >= 11 is 0. The maximum absolute atomic E-state index is 15.0. The van der Waals surface area contributed by atoms with Crippen LogP contribution in [0.5, 0.6) is 0 Å². The molecule has 2 unspecified atom stereocenters. The van der Waals surface area contributed by atoms with E-state index < -0.39 is 86.5 Å². The lowest BCUT2D eigenvalue weighted by atomic mass is 10.2. The third kappa shape index (κ3) is 67.9. The van der Waals surface area contributed by atoms with Gasteiger partial charge in [0.25, 0.3) is 0 Å². The van der Waals surface area contributed by atoms with Gasteiger partial charge in [-0.1, -0.05) is 121 Å². The molecule has 146 heavy (non-hydrogen) atoms. The van der Waals surface area contributed by atoms with Gasteiger partial charge in [0, 0.05) is 169 Å². The first-order chi connectivity index (χ1) is 68.1. The standard InChI is InChI=1S/C42H67N4O9P.C26H50N4O6.C16H31N4O9P.C14H14O3P.C2H3N.C2H4O/c1-34(56(50,51-32-35-17-13-11-14-18-35)52-33-36-19-15-12-16-20-36)46-27-25-44(30-38(48)54-41(5,6)7)23-21-43(29-37(47)53-40(2,3)4)22-24-45(26-28-46)31-39(49)55-42(8,9)10;1-24(2,3)34-21(31)18-28-12-10-27-11-13-29(19-22(32)35-25(4,5)6)15-17-30(16-14-28)20-23(33)36-26(7,8)9;1-13(30(27,28)29)20-8-6-18(11-15(23)24)4-2-17(10-14(21)22)3-5-19(7-9-20)12-16(25)26;15-18(16-11-13-7-3-1-4-8-13)17-12-14-9-5-2-6-10-14;2*1-2-3/h11-20,34H,21-33H2,1-10H3;27H,10-20H2,1-9H3;13H,2-12H2,1H3,(H,21,22)(H,23,24)(H,25,26)(H2,27,28,29);1-10H,11-12H2;1H3;2H,1H3/q;;;+1;;. The van der Waals surface area contributed by atoms with Gasteiger partial charge in [0.05, 0.1) is 78.2 Å². The first kappa shape index (κ1) is 133. The lowest BCUT2D eigenvalue weighted by Gasteiger charge is -2.38. The monoisotopic (exact) mass is 2120 g/mol. The van der Waals surface area contributed by atoms with Crippen LogP contribution in [-0.4, -0.2) is 400 Å². The van der Waals surface area contributed by atoms with Crippen molar-refractivity contribution in [2.45, 2.75) is 224 Å². The second-order valence-corrected chi connectivity index (χ2v) is 46.4. The zero-order valence-corrected chi connectivity index (χ0v) is 93.0. The second-order valence-electron chi connectivity index (χ2n) is 41.1. The molecule has 3 heterocycles. The number of carbonyl (C=O) groups is 10. The van der Waals surface area contributed by atoms with Crippen LogP contribution in [0.2, 0.25) is 0 Å². The van der Waals surface area contributed by atoms with Crippen LogP contribution in [0.3, 0.4) is 0 Å². The number of hydrogen-bond donors (Lipinski definition) is 6. The normalized spacial score (nSPS) is 16.9. The lowest BCUT2D eigenvalue weighted by Crippen LogP contribution is -2.50. The van der Waals surface area contributed by atoms with Crippen LogP contribution in [0, 0.1) is 11.3 Å². The molecule has 0 aliphatic carbocycles. The highest BCUT2D eigenvalue weighted by Crippen LogP contribution is 2.55. The van der Waals surface area contributed by atoms with Crippen molar-refractivity contribution in [2.75, 3.05) is 216 Å². The third-order valence-electron chi connectivity index (χ3n) is 21.0. The zero-order valence-electron chi connectivity index (χ0n) is 90.3. The Hall–Kier alpha value is -8.89. The van der Waals surface area contributed by atoms with Crippen LogP contribution in [0.15, 0.2) is 121 Å².